The normalized spacial score (nSPS) is 11.9. The fraction of sp³-hybridized carbons (Fsp3) is 0.154. The SMILES string of the molecule is COC/C(=C\c1cc2ccccc2o1)C(=O)O. The van der Waals surface area contributed by atoms with Crippen LogP contribution in [0.3, 0.4) is 0 Å². The predicted octanol–water partition coefficient (Wildman–Crippen LogP) is 2.55. The van der Waals surface area contributed by atoms with Gasteiger partial charge in [0.1, 0.15) is 11.3 Å². The van der Waals surface area contributed by atoms with Gasteiger partial charge < -0.3 is 14.3 Å². The van der Waals surface area contributed by atoms with Crippen LogP contribution in [0.2, 0.25) is 0 Å². The van der Waals surface area contributed by atoms with E-state index in [1.165, 1.54) is 13.2 Å². The zero-order chi connectivity index (χ0) is 12.3. The standard InChI is InChI=1S/C13H12O4/c1-16-8-10(13(14)15)7-11-6-9-4-2-3-5-12(9)17-11/h2-7H,8H2,1H3,(H,14,15)/b10-7+. The van der Waals surface area contributed by atoms with E-state index in [0.29, 0.717) is 5.76 Å². The third kappa shape index (κ3) is 2.54. The van der Waals surface area contributed by atoms with Crippen molar-refractivity contribution in [3.05, 3.63) is 41.7 Å². The summed E-state index contributed by atoms with van der Waals surface area (Å²) in [4.78, 5) is 10.9. The summed E-state index contributed by atoms with van der Waals surface area (Å²) < 4.78 is 10.3. The molecule has 17 heavy (non-hydrogen) atoms. The molecule has 1 heterocycles. The fourth-order valence-electron chi connectivity index (χ4n) is 1.57. The molecule has 2 aromatic rings. The summed E-state index contributed by atoms with van der Waals surface area (Å²) in [6.45, 7) is 0.0480. The van der Waals surface area contributed by atoms with Crippen molar-refractivity contribution in [2.24, 2.45) is 0 Å². The summed E-state index contributed by atoms with van der Waals surface area (Å²) >= 11 is 0. The number of para-hydroxylation sites is 1. The molecule has 0 radical (unpaired) electrons. The van der Waals surface area contributed by atoms with Crippen molar-refractivity contribution in [2.75, 3.05) is 13.7 Å². The molecule has 0 saturated heterocycles. The number of carbonyl (C=O) groups is 1. The van der Waals surface area contributed by atoms with Crippen molar-refractivity contribution < 1.29 is 19.1 Å². The first-order chi connectivity index (χ1) is 8.20. The van der Waals surface area contributed by atoms with Gasteiger partial charge in [0, 0.05) is 12.5 Å². The monoisotopic (exact) mass is 232 g/mol. The number of aliphatic carboxylic acids is 1. The van der Waals surface area contributed by atoms with Crippen molar-refractivity contribution in [3.63, 3.8) is 0 Å². The molecule has 0 bridgehead atoms. The van der Waals surface area contributed by atoms with Gasteiger partial charge >= 0.3 is 5.97 Å². The quantitative estimate of drug-likeness (QED) is 0.823. The Kier molecular flexibility index (Phi) is 3.25. The second-order valence-electron chi connectivity index (χ2n) is 3.59. The van der Waals surface area contributed by atoms with Crippen molar-refractivity contribution in [2.45, 2.75) is 0 Å². The molecule has 0 saturated carbocycles. The van der Waals surface area contributed by atoms with Gasteiger partial charge in [-0.2, -0.15) is 0 Å². The molecule has 0 aliphatic carbocycles. The summed E-state index contributed by atoms with van der Waals surface area (Å²) in [5.74, 6) is -0.493. The Hall–Kier alpha value is -2.07. The zero-order valence-electron chi connectivity index (χ0n) is 9.34. The summed E-state index contributed by atoms with van der Waals surface area (Å²) in [6.07, 6.45) is 1.48. The van der Waals surface area contributed by atoms with Gasteiger partial charge in [-0.3, -0.25) is 0 Å². The van der Waals surface area contributed by atoms with Crippen LogP contribution in [0.1, 0.15) is 5.76 Å². The smallest absolute Gasteiger partial charge is 0.334 e. The third-order valence-corrected chi connectivity index (χ3v) is 2.34. The number of furan rings is 1. The van der Waals surface area contributed by atoms with Gasteiger partial charge in [-0.05, 0) is 18.2 Å². The minimum Gasteiger partial charge on any atom is -0.478 e. The first kappa shape index (κ1) is 11.4. The molecule has 88 valence electrons. The highest BCUT2D eigenvalue weighted by Crippen LogP contribution is 2.20. The lowest BCUT2D eigenvalue weighted by atomic mass is 10.2. The first-order valence-electron chi connectivity index (χ1n) is 5.12. The number of rotatable bonds is 4. The van der Waals surface area contributed by atoms with Crippen LogP contribution in [0.5, 0.6) is 0 Å². The first-order valence-corrected chi connectivity index (χ1v) is 5.12. The molecular weight excluding hydrogens is 220 g/mol. The molecular formula is C13H12O4. The lowest BCUT2D eigenvalue weighted by Crippen LogP contribution is -2.06. The third-order valence-electron chi connectivity index (χ3n) is 2.34. The Labute approximate surface area is 98.1 Å². The van der Waals surface area contributed by atoms with Crippen LogP contribution in [0, 0.1) is 0 Å². The second-order valence-corrected chi connectivity index (χ2v) is 3.59. The van der Waals surface area contributed by atoms with Crippen molar-refractivity contribution in [1.82, 2.24) is 0 Å². The number of carboxylic acid groups (broad SMARTS) is 1. The van der Waals surface area contributed by atoms with Gasteiger partial charge in [0.15, 0.2) is 0 Å². The maximum atomic E-state index is 10.9. The molecule has 4 heteroatoms. The Bertz CT molecular complexity index is 533. The van der Waals surface area contributed by atoms with Crippen LogP contribution < -0.4 is 0 Å². The van der Waals surface area contributed by atoms with Crippen LogP contribution in [0.25, 0.3) is 17.0 Å². The Morgan fingerprint density at radius 2 is 2.24 bits per heavy atom. The van der Waals surface area contributed by atoms with Crippen LogP contribution >= 0.6 is 0 Å². The second kappa shape index (κ2) is 4.84. The largest absolute Gasteiger partial charge is 0.478 e. The Balaban J connectivity index is 2.38. The van der Waals surface area contributed by atoms with Gasteiger partial charge in [-0.25, -0.2) is 4.79 Å². The summed E-state index contributed by atoms with van der Waals surface area (Å²) in [7, 11) is 1.45. The topological polar surface area (TPSA) is 59.7 Å². The Morgan fingerprint density at radius 1 is 1.47 bits per heavy atom. The molecule has 0 unspecified atom stereocenters. The molecule has 0 spiro atoms. The number of fused-ring (bicyclic) bond motifs is 1. The minimum atomic E-state index is -1.01. The van der Waals surface area contributed by atoms with E-state index in [1.807, 2.05) is 24.3 Å². The highest BCUT2D eigenvalue weighted by atomic mass is 16.5. The lowest BCUT2D eigenvalue weighted by Gasteiger charge is -1.98. The van der Waals surface area contributed by atoms with Crippen LogP contribution in [0.15, 0.2) is 40.3 Å². The van der Waals surface area contributed by atoms with Crippen molar-refractivity contribution >= 4 is 23.0 Å². The van der Waals surface area contributed by atoms with Crippen LogP contribution in [0.4, 0.5) is 0 Å². The van der Waals surface area contributed by atoms with Crippen LogP contribution in [-0.2, 0) is 9.53 Å². The molecule has 0 aliphatic heterocycles. The van der Waals surface area contributed by atoms with E-state index in [1.54, 1.807) is 6.07 Å². The molecule has 0 fully saturated rings. The number of ether oxygens (including phenoxy) is 1. The zero-order valence-corrected chi connectivity index (χ0v) is 9.34. The molecule has 0 amide bonds. The maximum absolute atomic E-state index is 10.9. The average Bonchev–Trinajstić information content (AvgIpc) is 2.70. The van der Waals surface area contributed by atoms with Gasteiger partial charge in [0.05, 0.1) is 12.2 Å². The molecule has 0 aliphatic rings. The number of hydrogen-bond donors (Lipinski definition) is 1. The molecule has 1 N–H and O–H groups in total. The predicted molar refractivity (Wildman–Crippen MR) is 63.7 cm³/mol. The van der Waals surface area contributed by atoms with E-state index in [0.717, 1.165) is 11.0 Å². The van der Waals surface area contributed by atoms with E-state index in [9.17, 15) is 4.79 Å². The molecule has 0 atom stereocenters. The van der Waals surface area contributed by atoms with Gasteiger partial charge in [0.25, 0.3) is 0 Å². The van der Waals surface area contributed by atoms with E-state index < -0.39 is 5.97 Å². The highest BCUT2D eigenvalue weighted by Gasteiger charge is 2.09. The molecule has 4 nitrogen and oxygen atoms in total. The molecule has 2 rings (SSSR count). The Morgan fingerprint density at radius 3 is 2.88 bits per heavy atom. The highest BCUT2D eigenvalue weighted by molar-refractivity contribution is 5.93. The van der Waals surface area contributed by atoms with Crippen LogP contribution in [-0.4, -0.2) is 24.8 Å². The van der Waals surface area contributed by atoms with E-state index in [-0.39, 0.29) is 12.2 Å². The van der Waals surface area contributed by atoms with E-state index in [4.69, 9.17) is 14.3 Å². The summed E-state index contributed by atoms with van der Waals surface area (Å²) in [5, 5.41) is 9.90. The summed E-state index contributed by atoms with van der Waals surface area (Å²) in [6, 6.07) is 9.31. The van der Waals surface area contributed by atoms with Gasteiger partial charge in [-0.15, -0.1) is 0 Å². The number of methoxy groups -OCH3 is 1. The summed E-state index contributed by atoms with van der Waals surface area (Å²) in [5.41, 5.74) is 0.896. The van der Waals surface area contributed by atoms with Gasteiger partial charge in [-0.1, -0.05) is 18.2 Å². The van der Waals surface area contributed by atoms with Crippen molar-refractivity contribution in [1.29, 1.82) is 0 Å². The average molecular weight is 232 g/mol. The maximum Gasteiger partial charge on any atom is 0.334 e. The number of hydrogen-bond acceptors (Lipinski definition) is 3. The molecule has 1 aromatic heterocycles. The van der Waals surface area contributed by atoms with E-state index >= 15 is 0 Å². The lowest BCUT2D eigenvalue weighted by molar-refractivity contribution is -0.133. The van der Waals surface area contributed by atoms with Crippen molar-refractivity contribution in [3.8, 4) is 0 Å². The number of benzene rings is 1. The van der Waals surface area contributed by atoms with Gasteiger partial charge in [0.2, 0.25) is 0 Å². The van der Waals surface area contributed by atoms with E-state index in [2.05, 4.69) is 0 Å². The molecule has 1 aromatic carbocycles. The number of carboxylic acids is 1. The minimum absolute atomic E-state index is 0.0480. The fourth-order valence-corrected chi connectivity index (χ4v) is 1.57.